The molecule has 2 saturated heterocycles. The van der Waals surface area contributed by atoms with Gasteiger partial charge in [0.05, 0.1) is 6.33 Å². The number of rotatable bonds is 2. The Bertz CT molecular complexity index is 807. The second-order valence-corrected chi connectivity index (χ2v) is 6.07. The Hall–Kier alpha value is -2.34. The highest BCUT2D eigenvalue weighted by Gasteiger charge is 2.58. The molecule has 0 aliphatic carbocycles. The zero-order chi connectivity index (χ0) is 17.1. The van der Waals surface area contributed by atoms with Crippen molar-refractivity contribution in [2.24, 2.45) is 0 Å². The van der Waals surface area contributed by atoms with Gasteiger partial charge in [-0.2, -0.15) is 0 Å². The standard InChI is InChI=1S/C13H16N6O5/c1-13(2)23-6-7(11(20)18-21)22-12(8(6)24-13)19-4-17-5-9(14)15-3-16-10(5)19/h3-4,6-8,12,21H,1-2H3,(H,18,20)(H2,14,15,16)/t6-,7-,8+,12+/m0/s1. The van der Waals surface area contributed by atoms with Crippen molar-refractivity contribution in [1.29, 1.82) is 0 Å². The van der Waals surface area contributed by atoms with Gasteiger partial charge in [0.2, 0.25) is 0 Å². The smallest absolute Gasteiger partial charge is 0.275 e. The third kappa shape index (κ3) is 2.13. The highest BCUT2D eigenvalue weighted by atomic mass is 16.8. The van der Waals surface area contributed by atoms with Gasteiger partial charge in [-0.15, -0.1) is 0 Å². The predicted molar refractivity (Wildman–Crippen MR) is 77.4 cm³/mol. The number of nitrogens with two attached hydrogens (primary N) is 1. The van der Waals surface area contributed by atoms with E-state index in [1.807, 2.05) is 0 Å². The molecule has 0 radical (unpaired) electrons. The van der Waals surface area contributed by atoms with Crippen molar-refractivity contribution in [3.8, 4) is 0 Å². The monoisotopic (exact) mass is 336 g/mol. The predicted octanol–water partition coefficient (Wildman–Crippen LogP) is -0.669. The molecule has 128 valence electrons. The molecule has 0 unspecified atom stereocenters. The van der Waals surface area contributed by atoms with E-state index in [-0.39, 0.29) is 5.82 Å². The van der Waals surface area contributed by atoms with Crippen LogP contribution in [0.5, 0.6) is 0 Å². The van der Waals surface area contributed by atoms with Crippen LogP contribution in [0.2, 0.25) is 0 Å². The lowest BCUT2D eigenvalue weighted by Crippen LogP contribution is -2.41. The van der Waals surface area contributed by atoms with Crippen molar-refractivity contribution < 1.29 is 24.2 Å². The molecular formula is C13H16N6O5. The van der Waals surface area contributed by atoms with Gasteiger partial charge in [0, 0.05) is 0 Å². The van der Waals surface area contributed by atoms with Crippen LogP contribution >= 0.6 is 0 Å². The molecule has 0 aromatic carbocycles. The van der Waals surface area contributed by atoms with Crippen molar-refractivity contribution in [2.75, 3.05) is 5.73 Å². The molecule has 2 aromatic rings. The highest BCUT2D eigenvalue weighted by Crippen LogP contribution is 2.43. The molecular weight excluding hydrogens is 320 g/mol. The van der Waals surface area contributed by atoms with Crippen LogP contribution in [0.4, 0.5) is 5.82 Å². The number of imidazole rings is 1. The minimum absolute atomic E-state index is 0.238. The summed E-state index contributed by atoms with van der Waals surface area (Å²) in [5.41, 5.74) is 8.25. The van der Waals surface area contributed by atoms with E-state index in [9.17, 15) is 4.79 Å². The molecule has 11 heteroatoms. The lowest BCUT2D eigenvalue weighted by atomic mass is 10.1. The van der Waals surface area contributed by atoms with E-state index in [4.69, 9.17) is 25.2 Å². The highest BCUT2D eigenvalue weighted by molar-refractivity contribution is 5.82. The van der Waals surface area contributed by atoms with Gasteiger partial charge in [0.1, 0.15) is 24.1 Å². The number of nitrogens with zero attached hydrogens (tertiary/aromatic N) is 4. The third-order valence-corrected chi connectivity index (χ3v) is 4.06. The normalized spacial score (nSPS) is 31.3. The first-order chi connectivity index (χ1) is 11.4. The molecule has 24 heavy (non-hydrogen) atoms. The molecule has 2 fully saturated rings. The topological polar surface area (TPSA) is 147 Å². The van der Waals surface area contributed by atoms with Crippen molar-refractivity contribution >= 4 is 22.9 Å². The zero-order valence-corrected chi connectivity index (χ0v) is 12.9. The third-order valence-electron chi connectivity index (χ3n) is 4.06. The van der Waals surface area contributed by atoms with Crippen LogP contribution in [0, 0.1) is 0 Å². The van der Waals surface area contributed by atoms with Crippen LogP contribution in [-0.4, -0.2) is 54.7 Å². The molecule has 4 atom stereocenters. The average molecular weight is 336 g/mol. The molecule has 0 saturated carbocycles. The van der Waals surface area contributed by atoms with Crippen molar-refractivity contribution in [3.63, 3.8) is 0 Å². The molecule has 1 amide bonds. The van der Waals surface area contributed by atoms with Crippen molar-refractivity contribution in [2.45, 2.75) is 44.2 Å². The quantitative estimate of drug-likeness (QED) is 0.480. The maximum atomic E-state index is 11.9. The summed E-state index contributed by atoms with van der Waals surface area (Å²) in [6.07, 6.45) is -0.229. The van der Waals surface area contributed by atoms with Crippen LogP contribution in [0.15, 0.2) is 12.7 Å². The number of fused-ring (bicyclic) bond motifs is 2. The number of carbonyl (C=O) groups is 1. The van der Waals surface area contributed by atoms with Crippen LogP contribution < -0.4 is 11.2 Å². The van der Waals surface area contributed by atoms with E-state index in [1.54, 1.807) is 23.9 Å². The number of nitrogens with one attached hydrogen (secondary N) is 1. The maximum Gasteiger partial charge on any atom is 0.275 e. The van der Waals surface area contributed by atoms with Crippen LogP contribution in [0.3, 0.4) is 0 Å². The summed E-state index contributed by atoms with van der Waals surface area (Å²) >= 11 is 0. The van der Waals surface area contributed by atoms with Gasteiger partial charge in [-0.3, -0.25) is 14.6 Å². The number of hydrogen-bond donors (Lipinski definition) is 3. The second kappa shape index (κ2) is 5.08. The molecule has 2 aromatic heterocycles. The number of aromatic nitrogens is 4. The Kier molecular flexibility index (Phi) is 3.22. The van der Waals surface area contributed by atoms with E-state index < -0.39 is 36.2 Å². The Balaban J connectivity index is 1.77. The van der Waals surface area contributed by atoms with E-state index in [2.05, 4.69) is 15.0 Å². The summed E-state index contributed by atoms with van der Waals surface area (Å²) in [5.74, 6) is -1.37. The van der Waals surface area contributed by atoms with Gasteiger partial charge in [-0.1, -0.05) is 0 Å². The summed E-state index contributed by atoms with van der Waals surface area (Å²) in [4.78, 5) is 24.2. The fraction of sp³-hybridized carbons (Fsp3) is 0.538. The number of anilines is 1. The molecule has 11 nitrogen and oxygen atoms in total. The van der Waals surface area contributed by atoms with Crippen LogP contribution in [-0.2, 0) is 19.0 Å². The van der Waals surface area contributed by atoms with Crippen molar-refractivity contribution in [1.82, 2.24) is 25.0 Å². The summed E-state index contributed by atoms with van der Waals surface area (Å²) in [6, 6.07) is 0. The van der Waals surface area contributed by atoms with Crippen LogP contribution in [0.25, 0.3) is 11.2 Å². The SMILES string of the molecule is CC1(C)O[C@@H]2[C@@H](O1)[C@H](n1cnc3c(N)ncnc31)O[C@@H]2C(=O)NO. The molecule has 4 heterocycles. The number of hydroxylamine groups is 1. The summed E-state index contributed by atoms with van der Waals surface area (Å²) in [6.45, 7) is 3.48. The summed E-state index contributed by atoms with van der Waals surface area (Å²) < 4.78 is 19.0. The van der Waals surface area contributed by atoms with Crippen molar-refractivity contribution in [3.05, 3.63) is 12.7 Å². The number of carbonyl (C=O) groups excluding carboxylic acids is 1. The van der Waals surface area contributed by atoms with E-state index in [0.717, 1.165) is 0 Å². The lowest BCUT2D eigenvalue weighted by Gasteiger charge is -2.24. The minimum atomic E-state index is -1.04. The summed E-state index contributed by atoms with van der Waals surface area (Å²) in [5, 5.41) is 8.94. The van der Waals surface area contributed by atoms with Gasteiger partial charge < -0.3 is 19.9 Å². The average Bonchev–Trinajstić information content (AvgIpc) is 3.18. The van der Waals surface area contributed by atoms with Gasteiger partial charge in [0.15, 0.2) is 29.6 Å². The van der Waals surface area contributed by atoms with Gasteiger partial charge in [-0.25, -0.2) is 20.4 Å². The van der Waals surface area contributed by atoms with Gasteiger partial charge in [-0.05, 0) is 13.8 Å². The zero-order valence-electron chi connectivity index (χ0n) is 12.9. The van der Waals surface area contributed by atoms with Gasteiger partial charge >= 0.3 is 0 Å². The van der Waals surface area contributed by atoms with E-state index in [0.29, 0.717) is 11.2 Å². The Morgan fingerprint density at radius 2 is 2.08 bits per heavy atom. The fourth-order valence-corrected chi connectivity index (χ4v) is 3.13. The first kappa shape index (κ1) is 15.2. The van der Waals surface area contributed by atoms with E-state index in [1.165, 1.54) is 12.7 Å². The molecule has 4 rings (SSSR count). The fourth-order valence-electron chi connectivity index (χ4n) is 3.13. The molecule has 0 spiro atoms. The Labute approximate surface area is 135 Å². The molecule has 4 N–H and O–H groups in total. The number of ether oxygens (including phenoxy) is 3. The lowest BCUT2D eigenvalue weighted by molar-refractivity contribution is -0.199. The first-order valence-corrected chi connectivity index (χ1v) is 7.29. The maximum absolute atomic E-state index is 11.9. The van der Waals surface area contributed by atoms with E-state index >= 15 is 0 Å². The van der Waals surface area contributed by atoms with Gasteiger partial charge in [0.25, 0.3) is 5.91 Å². The number of amides is 1. The number of nitrogen functional groups attached to an aromatic ring is 1. The largest absolute Gasteiger partial charge is 0.382 e. The Morgan fingerprint density at radius 1 is 1.33 bits per heavy atom. The first-order valence-electron chi connectivity index (χ1n) is 7.29. The summed E-state index contributed by atoms with van der Waals surface area (Å²) in [7, 11) is 0. The van der Waals surface area contributed by atoms with Crippen LogP contribution in [0.1, 0.15) is 20.1 Å². The Morgan fingerprint density at radius 3 is 2.83 bits per heavy atom. The molecule has 2 aliphatic heterocycles. The molecule has 2 aliphatic rings. The molecule has 0 bridgehead atoms. The minimum Gasteiger partial charge on any atom is -0.382 e. The number of hydrogen-bond acceptors (Lipinski definition) is 9. The second-order valence-electron chi connectivity index (χ2n) is 6.07.